The number of anilines is 10. The molecule has 0 atom stereocenters. The van der Waals surface area contributed by atoms with E-state index in [0.717, 1.165) is 267 Å². The van der Waals surface area contributed by atoms with Crippen LogP contribution in [0.1, 0.15) is 154 Å². The van der Waals surface area contributed by atoms with Crippen molar-refractivity contribution in [1.82, 2.24) is 49.8 Å². The van der Waals surface area contributed by atoms with Crippen molar-refractivity contribution in [1.29, 1.82) is 0 Å². The number of unbranched alkanes of at least 4 members (excludes halogenated alkanes) is 8. The van der Waals surface area contributed by atoms with E-state index in [4.69, 9.17) is 45.9 Å². The molecule has 5 heterocycles. The van der Waals surface area contributed by atoms with Gasteiger partial charge in [-0.25, -0.2) is 24.9 Å². The Hall–Kier alpha value is -9.89. The molecular formula is C82H116IN23. The number of hydrogen-bond acceptors (Lipinski definition) is 23. The fourth-order valence-electron chi connectivity index (χ4n) is 11.1. The van der Waals surface area contributed by atoms with Crippen molar-refractivity contribution in [2.75, 3.05) is 108 Å². The quantitative estimate of drug-likeness (QED) is 0.0127. The van der Waals surface area contributed by atoms with Gasteiger partial charge in [-0.15, -0.1) is 0 Å². The Morgan fingerprint density at radius 1 is 0.283 bits per heavy atom. The van der Waals surface area contributed by atoms with Crippen LogP contribution in [0.3, 0.4) is 0 Å². The van der Waals surface area contributed by atoms with Crippen molar-refractivity contribution in [3.63, 3.8) is 0 Å². The van der Waals surface area contributed by atoms with Crippen molar-refractivity contribution in [2.45, 2.75) is 157 Å². The van der Waals surface area contributed by atoms with Crippen LogP contribution in [-0.4, -0.2) is 102 Å². The van der Waals surface area contributed by atoms with Gasteiger partial charge in [0.15, 0.2) is 0 Å². The zero-order valence-electron chi connectivity index (χ0n) is 63.1. The first-order valence-electron chi connectivity index (χ1n) is 37.8. The number of aromatic nitrogens is 10. The molecule has 0 bridgehead atoms. The zero-order valence-corrected chi connectivity index (χ0v) is 65.2. The summed E-state index contributed by atoms with van der Waals surface area (Å²) in [7, 11) is 0. The lowest BCUT2D eigenvalue weighted by molar-refractivity contribution is 0.685. The van der Waals surface area contributed by atoms with Gasteiger partial charge in [0.2, 0.25) is 29.7 Å². The second kappa shape index (κ2) is 49.8. The largest absolute Gasteiger partial charge is 0.370 e. The van der Waals surface area contributed by atoms with Crippen molar-refractivity contribution in [3.8, 4) is 56.3 Å². The summed E-state index contributed by atoms with van der Waals surface area (Å²) in [5.74, 6) is 5.72. The average molecular weight is 1550 g/mol. The number of halogens is 1. The minimum absolute atomic E-state index is 0.300. The molecule has 0 fully saturated rings. The first-order valence-corrected chi connectivity index (χ1v) is 38.9. The van der Waals surface area contributed by atoms with E-state index in [1.54, 1.807) is 0 Å². The van der Waals surface area contributed by atoms with Gasteiger partial charge < -0.3 is 72.5 Å². The third-order valence-corrected chi connectivity index (χ3v) is 17.7. The molecule has 21 N–H and O–H groups in total. The molecule has 10 aromatic rings. The molecule has 5 aromatic carbocycles. The van der Waals surface area contributed by atoms with Gasteiger partial charge in [0.05, 0.1) is 32.0 Å². The van der Waals surface area contributed by atoms with Crippen LogP contribution in [0.4, 0.5) is 58.8 Å². The normalized spacial score (nSPS) is 10.6. The van der Waals surface area contributed by atoms with Crippen LogP contribution in [0, 0.1) is 3.57 Å². The van der Waals surface area contributed by atoms with Gasteiger partial charge in [0.1, 0.15) is 29.1 Å². The van der Waals surface area contributed by atoms with Gasteiger partial charge in [0.25, 0.3) is 0 Å². The smallest absolute Gasteiger partial charge is 0.222 e. The van der Waals surface area contributed by atoms with E-state index in [9.17, 15) is 0 Å². The molecule has 106 heavy (non-hydrogen) atoms. The molecule has 0 saturated heterocycles. The molecule has 24 heteroatoms. The maximum Gasteiger partial charge on any atom is 0.222 e. The van der Waals surface area contributed by atoms with Crippen LogP contribution in [0.5, 0.6) is 0 Å². The van der Waals surface area contributed by atoms with E-state index in [-0.39, 0.29) is 0 Å². The SMILES string of the molecule is CCCCNc1cc(-c2ccccc2)nc(N)n1.CCCCNc1nc(N)nc(-c2ccccc2)c1CCCCCN.CCCCNc1nc(N)nc(-c2ccccc2)c1CCCCN.CCCCNc1nc(N)nc(-c2ccccc2)c1CCCN.CCCCNc1nc(N)nc(-c2ccccc2)c1I. The first-order chi connectivity index (χ1) is 51.8. The van der Waals surface area contributed by atoms with E-state index >= 15 is 0 Å². The van der Waals surface area contributed by atoms with Gasteiger partial charge in [0, 0.05) is 83.3 Å². The van der Waals surface area contributed by atoms with Crippen molar-refractivity contribution in [3.05, 3.63) is 178 Å². The lowest BCUT2D eigenvalue weighted by Gasteiger charge is -2.16. The number of hydrogen-bond donors (Lipinski definition) is 13. The predicted molar refractivity (Wildman–Crippen MR) is 455 cm³/mol. The average Bonchev–Trinajstić information content (AvgIpc) is 0.816. The third kappa shape index (κ3) is 29.6. The molecule has 0 unspecified atom stereocenters. The molecule has 5 aromatic heterocycles. The summed E-state index contributed by atoms with van der Waals surface area (Å²) < 4.78 is 1.01. The molecule has 0 radical (unpaired) electrons. The summed E-state index contributed by atoms with van der Waals surface area (Å²) in [4.78, 5) is 43.9. The second-order valence-electron chi connectivity index (χ2n) is 25.3. The van der Waals surface area contributed by atoms with Crippen molar-refractivity contribution >= 4 is 81.4 Å². The Labute approximate surface area is 643 Å². The summed E-state index contributed by atoms with van der Waals surface area (Å²) >= 11 is 2.27. The Balaban J connectivity index is 0.000000208. The zero-order chi connectivity index (χ0) is 75.9. The highest BCUT2D eigenvalue weighted by molar-refractivity contribution is 14.1. The maximum atomic E-state index is 5.97. The van der Waals surface area contributed by atoms with Gasteiger partial charge in [-0.1, -0.05) is 225 Å². The van der Waals surface area contributed by atoms with Gasteiger partial charge in [-0.3, -0.25) is 0 Å². The highest BCUT2D eigenvalue weighted by Gasteiger charge is 2.19. The fraction of sp³-hybridized carbons (Fsp3) is 0.390. The summed E-state index contributed by atoms with van der Waals surface area (Å²) in [6.45, 7) is 17.4. The summed E-state index contributed by atoms with van der Waals surface area (Å²) in [5, 5.41) is 16.9. The van der Waals surface area contributed by atoms with Gasteiger partial charge in [-0.2, -0.15) is 24.9 Å². The van der Waals surface area contributed by atoms with Gasteiger partial charge in [-0.05, 0) is 126 Å². The van der Waals surface area contributed by atoms with Crippen LogP contribution < -0.4 is 72.5 Å². The number of nitrogen functional groups attached to an aromatic ring is 5. The molecule has 10 rings (SSSR count). The van der Waals surface area contributed by atoms with Crippen LogP contribution in [0.2, 0.25) is 0 Å². The van der Waals surface area contributed by atoms with E-state index in [1.807, 2.05) is 133 Å². The Morgan fingerprint density at radius 3 is 0.925 bits per heavy atom. The van der Waals surface area contributed by atoms with E-state index < -0.39 is 0 Å². The summed E-state index contributed by atoms with van der Waals surface area (Å²) in [6, 6.07) is 52.4. The van der Waals surface area contributed by atoms with Crippen molar-refractivity contribution in [2.24, 2.45) is 17.2 Å². The molecule has 0 spiro atoms. The van der Waals surface area contributed by atoms with Crippen LogP contribution in [0.25, 0.3) is 56.3 Å². The van der Waals surface area contributed by atoms with E-state index in [2.05, 4.69) is 158 Å². The number of nitrogens with two attached hydrogens (primary N) is 8. The van der Waals surface area contributed by atoms with Crippen LogP contribution >= 0.6 is 22.6 Å². The Kier molecular flexibility index (Phi) is 39.9. The molecule has 0 aliphatic heterocycles. The lowest BCUT2D eigenvalue weighted by atomic mass is 10.0. The molecule has 23 nitrogen and oxygen atoms in total. The molecule has 0 aliphatic carbocycles. The molecule has 0 saturated carbocycles. The first kappa shape index (κ1) is 85.0. The second-order valence-corrected chi connectivity index (χ2v) is 26.4. The fourth-order valence-corrected chi connectivity index (χ4v) is 11.9. The van der Waals surface area contributed by atoms with Gasteiger partial charge >= 0.3 is 0 Å². The summed E-state index contributed by atoms with van der Waals surface area (Å²) in [6.07, 6.45) is 20.1. The third-order valence-electron chi connectivity index (χ3n) is 16.7. The predicted octanol–water partition coefficient (Wildman–Crippen LogP) is 16.1. The van der Waals surface area contributed by atoms with Crippen molar-refractivity contribution < 1.29 is 0 Å². The number of nitrogens with one attached hydrogen (secondary N) is 5. The van der Waals surface area contributed by atoms with E-state index in [0.29, 0.717) is 42.8 Å². The van der Waals surface area contributed by atoms with Crippen LogP contribution in [-0.2, 0) is 19.3 Å². The molecule has 0 aliphatic rings. The topological polar surface area (TPSA) is 397 Å². The highest BCUT2D eigenvalue weighted by atomic mass is 127. The lowest BCUT2D eigenvalue weighted by Crippen LogP contribution is -2.12. The highest BCUT2D eigenvalue weighted by Crippen LogP contribution is 2.33. The molecule has 566 valence electrons. The van der Waals surface area contributed by atoms with E-state index in [1.165, 1.54) is 0 Å². The number of rotatable bonds is 37. The molecular weight excluding hydrogens is 1430 g/mol. The number of nitrogens with zero attached hydrogens (tertiary/aromatic N) is 10. The Morgan fingerprint density at radius 2 is 0.566 bits per heavy atom. The number of benzene rings is 5. The minimum Gasteiger partial charge on any atom is -0.370 e. The monoisotopic (exact) mass is 1550 g/mol. The summed E-state index contributed by atoms with van der Waals surface area (Å²) in [5.41, 5.74) is 59.5. The molecule has 0 amide bonds. The standard InChI is InChI=1S/C19H29N5.C18H27N5.C17H25N5.C14H17IN4.C14H18N4/c1-2-3-14-22-18-16(12-8-5-9-13-20)17(23-19(21)24-18)15-10-6-4-7-11-15;1-2-3-13-21-17-15(11-7-8-12-19)16(22-18(20)23-17)14-9-5-4-6-10-14;1-2-3-12-20-16-14(10-7-11-18)15(21-17(19)22-16)13-8-5-4-6-9-13;1-2-3-9-17-13-11(15)12(18-14(16)19-13)10-7-5-4-6-8-10;1-2-3-9-16-13-10-12(17-14(15)18-13)11-7-5-4-6-8-11/h4,6-7,10-11H,2-3,5,8-9,12-14,20H2,1H3,(H3,21,22,23,24);4-6,9-10H,2-3,7-8,11-13,19H2,1H3,(H3,20,21,22,23);4-6,8-9H,2-3,7,10-12,18H2,1H3,(H3,19,20,21,22);4-8H,2-3,9H2,1H3,(H3,16,17,18,19);4-8,10H,2-3,9H2,1H3,(H3,15,16,17,18). The van der Waals surface area contributed by atoms with Crippen LogP contribution in [0.15, 0.2) is 158 Å². The minimum atomic E-state index is 0.300. The maximum absolute atomic E-state index is 5.97. The Bertz CT molecular complexity index is 4050.